The van der Waals surface area contributed by atoms with Gasteiger partial charge in [-0.25, -0.2) is 4.68 Å². The lowest BCUT2D eigenvalue weighted by molar-refractivity contribution is 0.102. The second kappa shape index (κ2) is 6.02. The van der Waals surface area contributed by atoms with Crippen LogP contribution in [0.3, 0.4) is 0 Å². The zero-order valence-corrected chi connectivity index (χ0v) is 13.5. The van der Waals surface area contributed by atoms with Crippen molar-refractivity contribution in [1.29, 1.82) is 0 Å². The van der Waals surface area contributed by atoms with Crippen molar-refractivity contribution in [1.82, 2.24) is 9.78 Å². The molecule has 0 unspecified atom stereocenters. The number of benzene rings is 2. The number of fused-ring (bicyclic) bond motifs is 1. The predicted octanol–water partition coefficient (Wildman–Crippen LogP) is 3.71. The molecule has 2 heterocycles. The predicted molar refractivity (Wildman–Crippen MR) is 92.2 cm³/mol. The molecule has 0 spiro atoms. The molecular weight excluding hydrogens is 326 g/mol. The van der Waals surface area contributed by atoms with Crippen LogP contribution in [0.2, 0.25) is 5.02 Å². The molecule has 0 saturated carbocycles. The summed E-state index contributed by atoms with van der Waals surface area (Å²) < 4.78 is 7.09. The molecule has 0 atom stereocenters. The van der Waals surface area contributed by atoms with E-state index in [0.717, 1.165) is 23.4 Å². The number of aromatic nitrogens is 2. The van der Waals surface area contributed by atoms with Gasteiger partial charge in [-0.2, -0.15) is 5.10 Å². The van der Waals surface area contributed by atoms with Gasteiger partial charge in [0.15, 0.2) is 0 Å². The van der Waals surface area contributed by atoms with Crippen molar-refractivity contribution in [2.24, 2.45) is 0 Å². The van der Waals surface area contributed by atoms with E-state index in [9.17, 15) is 4.79 Å². The minimum Gasteiger partial charge on any atom is -0.493 e. The Hall–Kier alpha value is -2.79. The lowest BCUT2D eigenvalue weighted by Crippen LogP contribution is -2.11. The van der Waals surface area contributed by atoms with E-state index in [-0.39, 0.29) is 5.91 Å². The molecule has 0 bridgehead atoms. The van der Waals surface area contributed by atoms with Crippen LogP contribution in [-0.4, -0.2) is 22.3 Å². The highest BCUT2D eigenvalue weighted by molar-refractivity contribution is 6.32. The van der Waals surface area contributed by atoms with Gasteiger partial charge in [0, 0.05) is 12.0 Å². The van der Waals surface area contributed by atoms with E-state index in [4.69, 9.17) is 16.3 Å². The molecule has 0 fully saturated rings. The fourth-order valence-corrected chi connectivity index (χ4v) is 2.91. The van der Waals surface area contributed by atoms with Gasteiger partial charge in [-0.3, -0.25) is 4.79 Å². The van der Waals surface area contributed by atoms with Crippen molar-refractivity contribution in [2.75, 3.05) is 11.9 Å². The zero-order chi connectivity index (χ0) is 16.5. The average molecular weight is 340 g/mol. The number of hydrogen-bond donors (Lipinski definition) is 1. The first-order valence-corrected chi connectivity index (χ1v) is 7.95. The molecule has 0 aliphatic carbocycles. The molecule has 0 saturated heterocycles. The molecule has 24 heavy (non-hydrogen) atoms. The van der Waals surface area contributed by atoms with Crippen molar-refractivity contribution in [3.8, 4) is 11.4 Å². The number of anilines is 1. The third-order valence-electron chi connectivity index (χ3n) is 3.89. The minimum atomic E-state index is -0.177. The van der Waals surface area contributed by atoms with Crippen molar-refractivity contribution in [3.63, 3.8) is 0 Å². The third-order valence-corrected chi connectivity index (χ3v) is 4.21. The summed E-state index contributed by atoms with van der Waals surface area (Å²) in [5.74, 6) is 0.682. The molecule has 0 radical (unpaired) electrons. The van der Waals surface area contributed by atoms with E-state index >= 15 is 0 Å². The second-order valence-corrected chi connectivity index (χ2v) is 5.91. The minimum absolute atomic E-state index is 0.177. The number of hydrogen-bond acceptors (Lipinski definition) is 3. The lowest BCUT2D eigenvalue weighted by Gasteiger charge is -2.05. The van der Waals surface area contributed by atoms with Crippen LogP contribution in [0.4, 0.5) is 5.69 Å². The fraction of sp³-hybridized carbons (Fsp3) is 0.111. The number of ether oxygens (including phenoxy) is 1. The maximum Gasteiger partial charge on any atom is 0.255 e. The maximum atomic E-state index is 12.4. The van der Waals surface area contributed by atoms with Crippen molar-refractivity contribution < 1.29 is 9.53 Å². The largest absolute Gasteiger partial charge is 0.493 e. The second-order valence-electron chi connectivity index (χ2n) is 5.50. The number of carbonyl (C=O) groups is 1. The average Bonchev–Trinajstić information content (AvgIpc) is 3.23. The summed E-state index contributed by atoms with van der Waals surface area (Å²) in [6.45, 7) is 0.672. The summed E-state index contributed by atoms with van der Waals surface area (Å²) in [6.07, 6.45) is 4.16. The van der Waals surface area contributed by atoms with Gasteiger partial charge in [-0.15, -0.1) is 0 Å². The van der Waals surface area contributed by atoms with E-state index in [1.165, 1.54) is 0 Å². The number of nitrogens with zero attached hydrogens (tertiary/aromatic N) is 2. The van der Waals surface area contributed by atoms with E-state index in [0.29, 0.717) is 22.9 Å². The van der Waals surface area contributed by atoms with Gasteiger partial charge in [0.2, 0.25) is 0 Å². The topological polar surface area (TPSA) is 56.2 Å². The summed E-state index contributed by atoms with van der Waals surface area (Å²) in [5.41, 5.74) is 3.03. The van der Waals surface area contributed by atoms with Crippen molar-refractivity contribution >= 4 is 23.2 Å². The summed E-state index contributed by atoms with van der Waals surface area (Å²) >= 11 is 6.16. The monoisotopic (exact) mass is 339 g/mol. The Kier molecular flexibility index (Phi) is 3.70. The van der Waals surface area contributed by atoms with Crippen LogP contribution in [0.5, 0.6) is 5.75 Å². The smallest absolute Gasteiger partial charge is 0.255 e. The first-order valence-electron chi connectivity index (χ1n) is 7.57. The Morgan fingerprint density at radius 1 is 1.25 bits per heavy atom. The van der Waals surface area contributed by atoms with Gasteiger partial charge in [0.1, 0.15) is 5.75 Å². The van der Waals surface area contributed by atoms with Crippen molar-refractivity contribution in [3.05, 3.63) is 71.0 Å². The van der Waals surface area contributed by atoms with Gasteiger partial charge < -0.3 is 10.1 Å². The highest BCUT2D eigenvalue weighted by atomic mass is 35.5. The van der Waals surface area contributed by atoms with Crippen LogP contribution < -0.4 is 10.1 Å². The highest BCUT2D eigenvalue weighted by Crippen LogP contribution is 2.26. The van der Waals surface area contributed by atoms with Gasteiger partial charge in [0.25, 0.3) is 5.91 Å². The highest BCUT2D eigenvalue weighted by Gasteiger charge is 2.15. The molecule has 1 amide bonds. The zero-order valence-electron chi connectivity index (χ0n) is 12.7. The number of amides is 1. The van der Waals surface area contributed by atoms with Crippen LogP contribution in [0.1, 0.15) is 15.9 Å². The molecule has 5 nitrogen and oxygen atoms in total. The Bertz CT molecular complexity index is 920. The molecule has 2 aromatic carbocycles. The number of nitrogens with one attached hydrogen (secondary N) is 1. The molecule has 1 aliphatic rings. The SMILES string of the molecule is O=C(Nc1cnn(-c2ccccc2Cl)c1)c1ccc2c(c1)CCO2. The summed E-state index contributed by atoms with van der Waals surface area (Å²) in [5, 5.41) is 7.70. The standard InChI is InChI=1S/C18H14ClN3O2/c19-15-3-1-2-4-16(15)22-11-14(10-20-22)21-18(23)13-5-6-17-12(9-13)7-8-24-17/h1-6,9-11H,7-8H2,(H,21,23). The van der Waals surface area contributed by atoms with Crippen LogP contribution in [-0.2, 0) is 6.42 Å². The van der Waals surface area contributed by atoms with Gasteiger partial charge >= 0.3 is 0 Å². The third kappa shape index (κ3) is 2.74. The Morgan fingerprint density at radius 2 is 2.12 bits per heavy atom. The number of carbonyl (C=O) groups excluding carboxylic acids is 1. The van der Waals surface area contributed by atoms with E-state index in [1.54, 1.807) is 29.2 Å². The molecule has 3 aromatic rings. The Labute approximate surface area is 143 Å². The van der Waals surface area contributed by atoms with Crippen LogP contribution >= 0.6 is 11.6 Å². The first kappa shape index (κ1) is 14.8. The molecule has 1 aliphatic heterocycles. The van der Waals surface area contributed by atoms with Crippen LogP contribution in [0, 0.1) is 0 Å². The number of halogens is 1. The number of para-hydroxylation sites is 1. The molecule has 6 heteroatoms. The van der Waals surface area contributed by atoms with Gasteiger partial charge in [-0.1, -0.05) is 23.7 Å². The van der Waals surface area contributed by atoms with E-state index in [1.807, 2.05) is 30.3 Å². The molecule has 1 N–H and O–H groups in total. The molecule has 4 rings (SSSR count). The van der Waals surface area contributed by atoms with Crippen molar-refractivity contribution in [2.45, 2.75) is 6.42 Å². The van der Waals surface area contributed by atoms with Crippen LogP contribution in [0.25, 0.3) is 5.69 Å². The Balaban J connectivity index is 1.54. The van der Waals surface area contributed by atoms with Crippen LogP contribution in [0.15, 0.2) is 54.9 Å². The fourth-order valence-electron chi connectivity index (χ4n) is 2.69. The first-order chi connectivity index (χ1) is 11.7. The molecule has 1 aromatic heterocycles. The quantitative estimate of drug-likeness (QED) is 0.791. The summed E-state index contributed by atoms with van der Waals surface area (Å²) in [6, 6.07) is 12.9. The molecular formula is C18H14ClN3O2. The van der Waals surface area contributed by atoms with E-state index in [2.05, 4.69) is 10.4 Å². The van der Waals surface area contributed by atoms with Gasteiger partial charge in [0.05, 0.1) is 35.4 Å². The van der Waals surface area contributed by atoms with E-state index < -0.39 is 0 Å². The number of rotatable bonds is 3. The lowest BCUT2D eigenvalue weighted by atomic mass is 10.1. The Morgan fingerprint density at radius 3 is 3.00 bits per heavy atom. The summed E-state index contributed by atoms with van der Waals surface area (Å²) in [7, 11) is 0. The van der Waals surface area contributed by atoms with Gasteiger partial charge in [-0.05, 0) is 35.9 Å². The molecule has 120 valence electrons. The summed E-state index contributed by atoms with van der Waals surface area (Å²) in [4.78, 5) is 12.4. The normalized spacial score (nSPS) is 12.5. The maximum absolute atomic E-state index is 12.4.